The van der Waals surface area contributed by atoms with Crippen molar-refractivity contribution in [2.75, 3.05) is 0 Å². The number of rotatable bonds is 0. The summed E-state index contributed by atoms with van der Waals surface area (Å²) < 4.78 is 0. The quantitative estimate of drug-likeness (QED) is 0.330. The Labute approximate surface area is 122 Å². The Hall–Kier alpha value is 2.30. The molecule has 13 heteroatoms. The molecule has 0 aliphatic carbocycles. The van der Waals surface area contributed by atoms with Crippen molar-refractivity contribution in [2.45, 2.75) is 0 Å². The molecule has 0 aliphatic heterocycles. The van der Waals surface area contributed by atoms with Gasteiger partial charge in [0.1, 0.15) is 0 Å². The Balaban J connectivity index is -0.0000000267. The zero-order valence-corrected chi connectivity index (χ0v) is 14.0. The van der Waals surface area contributed by atoms with Gasteiger partial charge in [0.25, 0.3) is 0 Å². The molecule has 0 bridgehead atoms. The molecule has 0 fully saturated rings. The topological polar surface area (TPSA) is 184 Å². The molecule has 0 atom stereocenters. The van der Waals surface area contributed by atoms with Crippen molar-refractivity contribution >= 4 is 84.7 Å². The Kier molecular flexibility index (Phi) is 28.1. The third kappa shape index (κ3) is 410. The van der Waals surface area contributed by atoms with Crippen molar-refractivity contribution in [3.8, 4) is 0 Å². The molecule has 0 rings (SSSR count). The molecule has 0 aromatic carbocycles. The summed E-state index contributed by atoms with van der Waals surface area (Å²) in [5, 5.41) is 0. The van der Waals surface area contributed by atoms with Crippen LogP contribution in [0.3, 0.4) is 0 Å². The molecular formula is AlBiMgO8Si2. The van der Waals surface area contributed by atoms with Gasteiger partial charge in [-0.25, -0.2) is 0 Å². The fourth-order valence-corrected chi connectivity index (χ4v) is 0. The van der Waals surface area contributed by atoms with Crippen molar-refractivity contribution in [3.63, 3.8) is 0 Å². The molecule has 0 spiro atoms. The van der Waals surface area contributed by atoms with Gasteiger partial charge in [-0.3, -0.25) is 0 Å². The standard InChI is InChI=1S/Al.Bi.Mg.2O4Si/c;;;2*1-5(2,3)4/q2*+3;+2;2*-4. The second-order valence-corrected chi connectivity index (χ2v) is 3.00. The van der Waals surface area contributed by atoms with E-state index in [-0.39, 0.29) is 66.6 Å². The van der Waals surface area contributed by atoms with Gasteiger partial charge in [0.05, 0.1) is 0 Å². The maximum atomic E-state index is 8.58. The molecule has 13 heavy (non-hydrogen) atoms. The maximum absolute atomic E-state index is 8.58. The van der Waals surface area contributed by atoms with Crippen LogP contribution in [0.5, 0.6) is 0 Å². The van der Waals surface area contributed by atoms with Gasteiger partial charge >= 0.3 is 66.6 Å². The molecule has 0 aliphatic rings. The Morgan fingerprint density at radius 2 is 0.538 bits per heavy atom. The molecule has 0 aromatic rings. The van der Waals surface area contributed by atoms with Crippen molar-refractivity contribution in [1.29, 1.82) is 0 Å². The molecule has 8 nitrogen and oxygen atoms in total. The second kappa shape index (κ2) is 12.4. The van der Waals surface area contributed by atoms with Crippen molar-refractivity contribution in [1.82, 2.24) is 0 Å². The third-order valence-corrected chi connectivity index (χ3v) is 0. The molecule has 0 N–H and O–H groups in total. The maximum Gasteiger partial charge on any atom is 3.00 e. The predicted molar refractivity (Wildman–Crippen MR) is 28.8 cm³/mol. The van der Waals surface area contributed by atoms with Crippen molar-refractivity contribution in [2.24, 2.45) is 0 Å². The molecule has 2 radical (unpaired) electrons. The van der Waals surface area contributed by atoms with E-state index in [1.807, 2.05) is 0 Å². The fraction of sp³-hybridized carbons (Fsp3) is 0. The van der Waals surface area contributed by atoms with Crippen LogP contribution >= 0.6 is 0 Å². The summed E-state index contributed by atoms with van der Waals surface area (Å²) in [6.07, 6.45) is 0. The molecule has 0 aromatic heterocycles. The van der Waals surface area contributed by atoms with Gasteiger partial charge in [0.15, 0.2) is 0 Å². The Bertz CT molecular complexity index is 65.1. The number of hydrogen-bond acceptors (Lipinski definition) is 8. The minimum Gasteiger partial charge on any atom is -0.894 e. The van der Waals surface area contributed by atoms with Crippen LogP contribution in [-0.2, 0) is 0 Å². The molecule has 0 saturated carbocycles. The van der Waals surface area contributed by atoms with Crippen LogP contribution < -0.4 is 38.4 Å². The van der Waals surface area contributed by atoms with Crippen molar-refractivity contribution in [3.05, 3.63) is 0 Å². The van der Waals surface area contributed by atoms with Crippen LogP contribution in [0.25, 0.3) is 0 Å². The SMILES string of the molecule is [Al+3].[Bi+3].[Mg+2].[O-][Si]([O-])([O-])[O-].[O-][Si]([O-])([O-])[O-]. The van der Waals surface area contributed by atoms with E-state index >= 15 is 0 Å². The smallest absolute Gasteiger partial charge is 0.894 e. The summed E-state index contributed by atoms with van der Waals surface area (Å²) in [6.45, 7) is 0. The molecule has 0 saturated heterocycles. The summed E-state index contributed by atoms with van der Waals surface area (Å²) in [5.74, 6) is 0. The minimum absolute atomic E-state index is 0. The first-order chi connectivity index (χ1) is 4.00. The van der Waals surface area contributed by atoms with Crippen LogP contribution in [0.15, 0.2) is 0 Å². The van der Waals surface area contributed by atoms with E-state index in [0.717, 1.165) is 0 Å². The second-order valence-electron chi connectivity index (χ2n) is 1.00. The number of hydrogen-bond donors (Lipinski definition) is 0. The first-order valence-electron chi connectivity index (χ1n) is 1.63. The fourth-order valence-electron chi connectivity index (χ4n) is 0. The summed E-state index contributed by atoms with van der Waals surface area (Å²) in [4.78, 5) is 68.6. The van der Waals surface area contributed by atoms with E-state index in [1.165, 1.54) is 0 Å². The van der Waals surface area contributed by atoms with Crippen LogP contribution in [0.1, 0.15) is 0 Å². The molecule has 0 heterocycles. The normalized spacial score (nSPS) is 9.23. The van der Waals surface area contributed by atoms with Gasteiger partial charge in [-0.1, -0.05) is 0 Å². The zero-order chi connectivity index (χ0) is 9.00. The van der Waals surface area contributed by atoms with Gasteiger partial charge in [-0.15, -0.1) is 0 Å². The first-order valence-corrected chi connectivity index (χ1v) is 4.90. The van der Waals surface area contributed by atoms with E-state index in [9.17, 15) is 0 Å². The third-order valence-electron chi connectivity index (χ3n) is 0. The first kappa shape index (κ1) is 29.5. The molecule has 0 unspecified atom stereocenters. The predicted octanol–water partition coefficient (Wildman–Crippen LogP) is -11.4. The average Bonchev–Trinajstić information content (AvgIpc) is 1.12. The van der Waals surface area contributed by atoms with E-state index in [2.05, 4.69) is 0 Å². The largest absolute Gasteiger partial charge is 3.00 e. The monoisotopic (exact) mass is 444 g/mol. The van der Waals surface area contributed by atoms with Gasteiger partial charge in [0, 0.05) is 0 Å². The van der Waals surface area contributed by atoms with Crippen molar-refractivity contribution < 1.29 is 38.4 Å². The molecule has 66 valence electrons. The summed E-state index contributed by atoms with van der Waals surface area (Å²) in [5.41, 5.74) is 0. The van der Waals surface area contributed by atoms with E-state index < -0.39 is 18.1 Å². The van der Waals surface area contributed by atoms with Crippen LogP contribution in [-0.4, -0.2) is 84.7 Å². The van der Waals surface area contributed by atoms with Crippen LogP contribution in [0.4, 0.5) is 0 Å². The van der Waals surface area contributed by atoms with Crippen LogP contribution in [0, 0.1) is 0 Å². The van der Waals surface area contributed by atoms with E-state index in [1.54, 1.807) is 0 Å². The molecule has 0 amide bonds. The van der Waals surface area contributed by atoms with Gasteiger partial charge < -0.3 is 56.5 Å². The van der Waals surface area contributed by atoms with Gasteiger partial charge in [-0.2, -0.15) is 0 Å². The van der Waals surface area contributed by atoms with E-state index in [4.69, 9.17) is 38.4 Å². The van der Waals surface area contributed by atoms with E-state index in [0.29, 0.717) is 0 Å². The van der Waals surface area contributed by atoms with Crippen LogP contribution in [0.2, 0.25) is 0 Å². The zero-order valence-electron chi connectivity index (χ0n) is 6.00. The summed E-state index contributed by atoms with van der Waals surface area (Å²) in [6, 6.07) is 0. The summed E-state index contributed by atoms with van der Waals surface area (Å²) in [7, 11) is -11.2. The Morgan fingerprint density at radius 3 is 0.538 bits per heavy atom. The minimum atomic E-state index is -5.61. The molecular weight excluding hydrogens is 444 g/mol. The Morgan fingerprint density at radius 1 is 0.538 bits per heavy atom. The average molecular weight is 444 g/mol. The van der Waals surface area contributed by atoms with Gasteiger partial charge in [0.2, 0.25) is 0 Å². The van der Waals surface area contributed by atoms with Gasteiger partial charge in [-0.05, 0) is 0 Å². The summed E-state index contributed by atoms with van der Waals surface area (Å²) >= 11 is 0.